The Bertz CT molecular complexity index is 330. The zero-order valence-corrected chi connectivity index (χ0v) is 10.3. The van der Waals surface area contributed by atoms with Crippen LogP contribution in [-0.4, -0.2) is 29.2 Å². The number of piperidine rings is 1. The molecule has 1 fully saturated rings. The van der Waals surface area contributed by atoms with Crippen molar-refractivity contribution in [3.8, 4) is 0 Å². The standard InChI is InChI=1S/C13H18ClNO/c1-10(11-2-4-12(14)5-3-11)15-8-6-13(16)7-9-15/h2-5,10,13,16H,6-9H2,1H3. The number of benzene rings is 1. The Labute approximate surface area is 102 Å². The van der Waals surface area contributed by atoms with Crippen LogP contribution in [0.15, 0.2) is 24.3 Å². The summed E-state index contributed by atoms with van der Waals surface area (Å²) in [5, 5.41) is 10.3. The molecule has 1 aliphatic rings. The Morgan fingerprint density at radius 1 is 1.25 bits per heavy atom. The van der Waals surface area contributed by atoms with Crippen molar-refractivity contribution in [1.29, 1.82) is 0 Å². The van der Waals surface area contributed by atoms with Crippen molar-refractivity contribution in [1.82, 2.24) is 4.90 Å². The van der Waals surface area contributed by atoms with Gasteiger partial charge < -0.3 is 5.11 Å². The first-order chi connectivity index (χ1) is 7.66. The van der Waals surface area contributed by atoms with Crippen molar-refractivity contribution in [2.75, 3.05) is 13.1 Å². The molecule has 1 heterocycles. The van der Waals surface area contributed by atoms with E-state index in [0.29, 0.717) is 6.04 Å². The number of aliphatic hydroxyl groups is 1. The van der Waals surface area contributed by atoms with Crippen LogP contribution in [0.25, 0.3) is 0 Å². The molecule has 1 aliphatic heterocycles. The Balaban J connectivity index is 2.01. The Morgan fingerprint density at radius 2 is 1.81 bits per heavy atom. The highest BCUT2D eigenvalue weighted by Crippen LogP contribution is 2.25. The van der Waals surface area contributed by atoms with E-state index in [-0.39, 0.29) is 6.10 Å². The molecule has 1 saturated heterocycles. The SMILES string of the molecule is CC(c1ccc(Cl)cc1)N1CCC(O)CC1. The number of hydrogen-bond acceptors (Lipinski definition) is 2. The molecule has 1 unspecified atom stereocenters. The Hall–Kier alpha value is -0.570. The molecule has 16 heavy (non-hydrogen) atoms. The maximum atomic E-state index is 9.47. The normalized spacial score (nSPS) is 20.9. The molecule has 3 heteroatoms. The lowest BCUT2D eigenvalue weighted by Gasteiger charge is -2.34. The lowest BCUT2D eigenvalue weighted by atomic mass is 10.0. The summed E-state index contributed by atoms with van der Waals surface area (Å²) in [6, 6.07) is 8.44. The Kier molecular flexibility index (Phi) is 3.85. The summed E-state index contributed by atoms with van der Waals surface area (Å²) in [7, 11) is 0. The molecule has 0 spiro atoms. The topological polar surface area (TPSA) is 23.5 Å². The number of halogens is 1. The largest absolute Gasteiger partial charge is 0.393 e. The summed E-state index contributed by atoms with van der Waals surface area (Å²) in [5.74, 6) is 0. The zero-order chi connectivity index (χ0) is 11.5. The van der Waals surface area contributed by atoms with Gasteiger partial charge in [0, 0.05) is 24.2 Å². The highest BCUT2D eigenvalue weighted by Gasteiger charge is 2.21. The van der Waals surface area contributed by atoms with Crippen LogP contribution in [0.5, 0.6) is 0 Å². The van der Waals surface area contributed by atoms with Gasteiger partial charge in [-0.1, -0.05) is 23.7 Å². The van der Waals surface area contributed by atoms with Gasteiger partial charge in [0.15, 0.2) is 0 Å². The summed E-state index contributed by atoms with van der Waals surface area (Å²) in [6.07, 6.45) is 1.67. The fourth-order valence-corrected chi connectivity index (χ4v) is 2.35. The molecule has 0 saturated carbocycles. The van der Waals surface area contributed by atoms with Gasteiger partial charge in [-0.2, -0.15) is 0 Å². The summed E-state index contributed by atoms with van der Waals surface area (Å²) in [6.45, 7) is 4.16. The number of rotatable bonds is 2. The van der Waals surface area contributed by atoms with Crippen LogP contribution in [0.2, 0.25) is 5.02 Å². The second-order valence-electron chi connectivity index (χ2n) is 4.49. The van der Waals surface area contributed by atoms with Gasteiger partial charge >= 0.3 is 0 Å². The van der Waals surface area contributed by atoms with E-state index in [1.807, 2.05) is 12.1 Å². The van der Waals surface area contributed by atoms with E-state index in [2.05, 4.69) is 24.0 Å². The molecule has 1 aromatic rings. The molecule has 0 aliphatic carbocycles. The van der Waals surface area contributed by atoms with Gasteiger partial charge in [-0.05, 0) is 37.5 Å². The first kappa shape index (κ1) is 11.9. The monoisotopic (exact) mass is 239 g/mol. The average molecular weight is 240 g/mol. The predicted molar refractivity (Wildman–Crippen MR) is 66.7 cm³/mol. The highest BCUT2D eigenvalue weighted by molar-refractivity contribution is 6.30. The summed E-state index contributed by atoms with van der Waals surface area (Å²) >= 11 is 5.87. The van der Waals surface area contributed by atoms with E-state index >= 15 is 0 Å². The van der Waals surface area contributed by atoms with Crippen molar-refractivity contribution in [3.63, 3.8) is 0 Å². The van der Waals surface area contributed by atoms with E-state index < -0.39 is 0 Å². The predicted octanol–water partition coefficient (Wildman–Crippen LogP) is 2.86. The molecule has 1 N–H and O–H groups in total. The van der Waals surface area contributed by atoms with Gasteiger partial charge in [0.25, 0.3) is 0 Å². The molecule has 88 valence electrons. The lowest BCUT2D eigenvalue weighted by molar-refractivity contribution is 0.0645. The van der Waals surface area contributed by atoms with E-state index in [9.17, 15) is 5.11 Å². The van der Waals surface area contributed by atoms with Gasteiger partial charge in [-0.25, -0.2) is 0 Å². The van der Waals surface area contributed by atoms with Crippen LogP contribution in [0, 0.1) is 0 Å². The molecular weight excluding hydrogens is 222 g/mol. The number of hydrogen-bond donors (Lipinski definition) is 1. The maximum Gasteiger partial charge on any atom is 0.0564 e. The van der Waals surface area contributed by atoms with Crippen molar-refractivity contribution in [3.05, 3.63) is 34.9 Å². The highest BCUT2D eigenvalue weighted by atomic mass is 35.5. The van der Waals surface area contributed by atoms with Gasteiger partial charge in [-0.3, -0.25) is 4.90 Å². The lowest BCUT2D eigenvalue weighted by Crippen LogP contribution is -2.37. The van der Waals surface area contributed by atoms with E-state index in [1.165, 1.54) is 5.56 Å². The minimum absolute atomic E-state index is 0.103. The van der Waals surface area contributed by atoms with Gasteiger partial charge in [0.2, 0.25) is 0 Å². The molecule has 0 radical (unpaired) electrons. The first-order valence-corrected chi connectivity index (χ1v) is 6.22. The quantitative estimate of drug-likeness (QED) is 0.858. The van der Waals surface area contributed by atoms with Crippen LogP contribution in [0.3, 0.4) is 0 Å². The zero-order valence-electron chi connectivity index (χ0n) is 9.56. The smallest absolute Gasteiger partial charge is 0.0564 e. The van der Waals surface area contributed by atoms with Crippen LogP contribution in [-0.2, 0) is 0 Å². The van der Waals surface area contributed by atoms with Crippen molar-refractivity contribution < 1.29 is 5.11 Å². The number of aliphatic hydroxyl groups excluding tert-OH is 1. The second-order valence-corrected chi connectivity index (χ2v) is 4.93. The fraction of sp³-hybridized carbons (Fsp3) is 0.538. The molecule has 0 aromatic heterocycles. The summed E-state index contributed by atoms with van der Waals surface area (Å²) in [4.78, 5) is 2.41. The third kappa shape index (κ3) is 2.76. The van der Waals surface area contributed by atoms with Crippen LogP contribution >= 0.6 is 11.6 Å². The van der Waals surface area contributed by atoms with Crippen LogP contribution in [0.4, 0.5) is 0 Å². The molecular formula is C13H18ClNO. The first-order valence-electron chi connectivity index (χ1n) is 5.84. The molecule has 1 aromatic carbocycles. The third-order valence-corrected chi connectivity index (χ3v) is 3.65. The molecule has 0 bridgehead atoms. The van der Waals surface area contributed by atoms with Crippen LogP contribution < -0.4 is 0 Å². The van der Waals surface area contributed by atoms with Gasteiger partial charge in [0.1, 0.15) is 0 Å². The minimum Gasteiger partial charge on any atom is -0.393 e. The average Bonchev–Trinajstić information content (AvgIpc) is 2.30. The molecule has 1 atom stereocenters. The minimum atomic E-state index is -0.103. The number of likely N-dealkylation sites (tertiary alicyclic amines) is 1. The van der Waals surface area contributed by atoms with Gasteiger partial charge in [-0.15, -0.1) is 0 Å². The molecule has 2 nitrogen and oxygen atoms in total. The molecule has 2 rings (SSSR count). The van der Waals surface area contributed by atoms with Crippen molar-refractivity contribution >= 4 is 11.6 Å². The summed E-state index contributed by atoms with van der Waals surface area (Å²) < 4.78 is 0. The number of nitrogens with zero attached hydrogens (tertiary/aromatic N) is 1. The van der Waals surface area contributed by atoms with E-state index in [4.69, 9.17) is 11.6 Å². The van der Waals surface area contributed by atoms with Gasteiger partial charge in [0.05, 0.1) is 6.10 Å². The van der Waals surface area contributed by atoms with E-state index in [1.54, 1.807) is 0 Å². The second kappa shape index (κ2) is 5.17. The van der Waals surface area contributed by atoms with Crippen molar-refractivity contribution in [2.45, 2.75) is 31.9 Å². The van der Waals surface area contributed by atoms with Crippen LogP contribution in [0.1, 0.15) is 31.4 Å². The maximum absolute atomic E-state index is 9.47. The summed E-state index contributed by atoms with van der Waals surface area (Å²) in [5.41, 5.74) is 1.29. The van der Waals surface area contributed by atoms with Crippen molar-refractivity contribution in [2.24, 2.45) is 0 Å². The van der Waals surface area contributed by atoms with E-state index in [0.717, 1.165) is 31.0 Å². The third-order valence-electron chi connectivity index (χ3n) is 3.40. The molecule has 0 amide bonds. The Morgan fingerprint density at radius 3 is 2.38 bits per heavy atom. The fourth-order valence-electron chi connectivity index (χ4n) is 2.23.